The van der Waals surface area contributed by atoms with E-state index in [9.17, 15) is 4.79 Å². The third-order valence-corrected chi connectivity index (χ3v) is 6.42. The van der Waals surface area contributed by atoms with Crippen LogP contribution in [0.2, 0.25) is 5.02 Å². The number of aromatic nitrogens is 1. The fourth-order valence-electron chi connectivity index (χ4n) is 4.19. The number of rotatable bonds is 6. The van der Waals surface area contributed by atoms with Crippen molar-refractivity contribution in [2.45, 2.75) is 19.4 Å². The number of hydrogen-bond donors (Lipinski definition) is 1. The van der Waals surface area contributed by atoms with Crippen LogP contribution in [0.25, 0.3) is 5.52 Å². The highest BCUT2D eigenvalue weighted by Gasteiger charge is 2.27. The number of amides is 1. The Balaban J connectivity index is 1.26. The van der Waals surface area contributed by atoms with Gasteiger partial charge in [-0.05, 0) is 60.7 Å². The Labute approximate surface area is 182 Å². The number of pyridine rings is 1. The van der Waals surface area contributed by atoms with Crippen molar-refractivity contribution in [3.8, 4) is 0 Å². The molecule has 2 aromatic heterocycles. The molecule has 156 valence electrons. The third-order valence-electron chi connectivity index (χ3n) is 6.17. The molecule has 1 saturated carbocycles. The summed E-state index contributed by atoms with van der Waals surface area (Å²) in [5, 5.41) is 3.70. The average Bonchev–Trinajstić information content (AvgIpc) is 3.49. The van der Waals surface area contributed by atoms with Crippen molar-refractivity contribution in [2.75, 3.05) is 37.6 Å². The first-order valence-electron chi connectivity index (χ1n) is 10.8. The Bertz CT molecular complexity index is 1030. The first-order chi connectivity index (χ1) is 14.7. The zero-order chi connectivity index (χ0) is 20.5. The van der Waals surface area contributed by atoms with Crippen molar-refractivity contribution >= 4 is 28.8 Å². The number of nitrogens with zero attached hydrogens (tertiary/aromatic N) is 3. The van der Waals surface area contributed by atoms with E-state index in [-0.39, 0.29) is 5.91 Å². The molecule has 0 unspecified atom stereocenters. The van der Waals surface area contributed by atoms with Crippen molar-refractivity contribution in [1.29, 1.82) is 0 Å². The molecule has 1 saturated heterocycles. The average molecular weight is 423 g/mol. The molecule has 1 amide bonds. The van der Waals surface area contributed by atoms with E-state index in [2.05, 4.69) is 31.7 Å². The number of fused-ring (bicyclic) bond motifs is 1. The zero-order valence-electron chi connectivity index (χ0n) is 17.1. The van der Waals surface area contributed by atoms with Gasteiger partial charge >= 0.3 is 0 Å². The van der Waals surface area contributed by atoms with Gasteiger partial charge in [0.05, 0.1) is 5.56 Å². The number of carbonyl (C=O) groups excluding carboxylic acids is 1. The summed E-state index contributed by atoms with van der Waals surface area (Å²) in [5.74, 6) is 2.05. The molecule has 3 heterocycles. The summed E-state index contributed by atoms with van der Waals surface area (Å²) in [5.41, 5.74) is 2.81. The lowest BCUT2D eigenvalue weighted by Crippen LogP contribution is -2.47. The molecule has 1 aromatic carbocycles. The molecule has 3 aromatic rings. The largest absolute Gasteiger partial charge is 0.355 e. The fraction of sp³-hybridized carbons (Fsp3) is 0.375. The smallest absolute Gasteiger partial charge is 0.253 e. The van der Waals surface area contributed by atoms with E-state index >= 15 is 0 Å². The minimum atomic E-state index is -0.0687. The third kappa shape index (κ3) is 4.32. The molecule has 0 spiro atoms. The summed E-state index contributed by atoms with van der Waals surface area (Å²) in [4.78, 5) is 17.8. The minimum Gasteiger partial charge on any atom is -0.355 e. The van der Waals surface area contributed by atoms with Crippen LogP contribution in [0.15, 0.2) is 54.7 Å². The molecule has 6 heteroatoms. The second-order valence-corrected chi connectivity index (χ2v) is 8.88. The van der Waals surface area contributed by atoms with Crippen LogP contribution in [0.4, 0.5) is 5.82 Å². The number of carbonyl (C=O) groups is 1. The van der Waals surface area contributed by atoms with E-state index in [0.717, 1.165) is 43.2 Å². The van der Waals surface area contributed by atoms with E-state index < -0.39 is 0 Å². The summed E-state index contributed by atoms with van der Waals surface area (Å²) in [6.07, 6.45) is 4.78. The Morgan fingerprint density at radius 2 is 1.70 bits per heavy atom. The molecule has 1 N–H and O–H groups in total. The lowest BCUT2D eigenvalue weighted by atomic mass is 10.2. The summed E-state index contributed by atoms with van der Waals surface area (Å²) >= 11 is 5.93. The highest BCUT2D eigenvalue weighted by Crippen LogP contribution is 2.30. The second kappa shape index (κ2) is 8.32. The van der Waals surface area contributed by atoms with Gasteiger partial charge in [-0.15, -0.1) is 0 Å². The summed E-state index contributed by atoms with van der Waals surface area (Å²) < 4.78 is 2.15. The van der Waals surface area contributed by atoms with Crippen LogP contribution in [-0.4, -0.2) is 47.9 Å². The molecule has 2 aliphatic rings. The van der Waals surface area contributed by atoms with Gasteiger partial charge in [0.2, 0.25) is 0 Å². The monoisotopic (exact) mass is 422 g/mol. The van der Waals surface area contributed by atoms with Gasteiger partial charge in [0.25, 0.3) is 5.91 Å². The van der Waals surface area contributed by atoms with Crippen molar-refractivity contribution in [2.24, 2.45) is 5.92 Å². The molecule has 5 rings (SSSR count). The van der Waals surface area contributed by atoms with Gasteiger partial charge in [0, 0.05) is 56.0 Å². The Kier molecular flexibility index (Phi) is 5.40. The maximum absolute atomic E-state index is 12.7. The highest BCUT2D eigenvalue weighted by atomic mass is 35.5. The molecular formula is C24H27ClN4O. The van der Waals surface area contributed by atoms with Crippen LogP contribution in [0.3, 0.4) is 0 Å². The minimum absolute atomic E-state index is 0.0687. The van der Waals surface area contributed by atoms with Crippen LogP contribution >= 0.6 is 11.6 Å². The molecule has 1 aliphatic carbocycles. The number of benzene rings is 1. The predicted molar refractivity (Wildman–Crippen MR) is 121 cm³/mol. The Morgan fingerprint density at radius 1 is 0.967 bits per heavy atom. The van der Waals surface area contributed by atoms with E-state index in [1.807, 2.05) is 42.6 Å². The summed E-state index contributed by atoms with van der Waals surface area (Å²) in [7, 11) is 0. The van der Waals surface area contributed by atoms with Gasteiger partial charge < -0.3 is 14.6 Å². The molecule has 30 heavy (non-hydrogen) atoms. The van der Waals surface area contributed by atoms with Crippen LogP contribution in [0.5, 0.6) is 0 Å². The maximum Gasteiger partial charge on any atom is 0.253 e. The van der Waals surface area contributed by atoms with Gasteiger partial charge in [-0.3, -0.25) is 9.69 Å². The van der Waals surface area contributed by atoms with Gasteiger partial charge in [0.15, 0.2) is 0 Å². The first kappa shape index (κ1) is 19.5. The van der Waals surface area contributed by atoms with Gasteiger partial charge in [-0.2, -0.15) is 0 Å². The maximum atomic E-state index is 12.7. The van der Waals surface area contributed by atoms with Crippen LogP contribution in [-0.2, 0) is 6.54 Å². The van der Waals surface area contributed by atoms with E-state index in [1.54, 1.807) is 0 Å². The molecule has 2 fully saturated rings. The Hall–Kier alpha value is -2.50. The highest BCUT2D eigenvalue weighted by molar-refractivity contribution is 6.30. The topological polar surface area (TPSA) is 40.0 Å². The fourth-order valence-corrected chi connectivity index (χ4v) is 4.32. The lowest BCUT2D eigenvalue weighted by molar-refractivity contribution is 0.0950. The number of piperazine rings is 1. The SMILES string of the molecule is O=C(NCc1ccc(Cl)cc1)c1ccc2ccc(N3CCN(CC4CC4)CC3)n2c1. The van der Waals surface area contributed by atoms with Gasteiger partial charge in [-0.1, -0.05) is 23.7 Å². The number of halogens is 1. The van der Waals surface area contributed by atoms with Crippen molar-refractivity contribution in [3.05, 3.63) is 70.9 Å². The second-order valence-electron chi connectivity index (χ2n) is 8.44. The lowest BCUT2D eigenvalue weighted by Gasteiger charge is -2.35. The van der Waals surface area contributed by atoms with Crippen LogP contribution in [0.1, 0.15) is 28.8 Å². The summed E-state index contributed by atoms with van der Waals surface area (Å²) in [6.45, 7) is 6.05. The van der Waals surface area contributed by atoms with Gasteiger partial charge in [-0.25, -0.2) is 0 Å². The standard InChI is InChI=1S/C24H27ClN4O/c25-21-6-3-18(4-7-21)15-26-24(30)20-5-8-22-9-10-23(29(22)17-20)28-13-11-27(12-14-28)16-19-1-2-19/h3-10,17,19H,1-2,11-16H2,(H,26,30). The van der Waals surface area contributed by atoms with E-state index in [1.165, 1.54) is 25.2 Å². The van der Waals surface area contributed by atoms with Gasteiger partial charge in [0.1, 0.15) is 5.82 Å². The van der Waals surface area contributed by atoms with E-state index in [4.69, 9.17) is 11.6 Å². The van der Waals surface area contributed by atoms with Crippen LogP contribution in [0, 0.1) is 5.92 Å². The number of hydrogen-bond acceptors (Lipinski definition) is 3. The molecular weight excluding hydrogens is 396 g/mol. The first-order valence-corrected chi connectivity index (χ1v) is 11.1. The quantitative estimate of drug-likeness (QED) is 0.651. The van der Waals surface area contributed by atoms with Crippen molar-refractivity contribution < 1.29 is 4.79 Å². The molecule has 0 radical (unpaired) electrons. The number of anilines is 1. The molecule has 1 aliphatic heterocycles. The van der Waals surface area contributed by atoms with Crippen molar-refractivity contribution in [1.82, 2.24) is 14.6 Å². The van der Waals surface area contributed by atoms with Crippen molar-refractivity contribution in [3.63, 3.8) is 0 Å². The molecule has 0 bridgehead atoms. The molecule has 0 atom stereocenters. The molecule has 5 nitrogen and oxygen atoms in total. The predicted octanol–water partition coefficient (Wildman–Crippen LogP) is 4.05. The number of nitrogens with one attached hydrogen (secondary N) is 1. The van der Waals surface area contributed by atoms with Crippen LogP contribution < -0.4 is 10.2 Å². The summed E-state index contributed by atoms with van der Waals surface area (Å²) in [6, 6.07) is 15.7. The van der Waals surface area contributed by atoms with E-state index in [0.29, 0.717) is 17.1 Å². The normalized spacial score (nSPS) is 17.4. The zero-order valence-corrected chi connectivity index (χ0v) is 17.8. The Morgan fingerprint density at radius 3 is 2.43 bits per heavy atom.